The Hall–Kier alpha value is -2.49. The van der Waals surface area contributed by atoms with Crippen molar-refractivity contribution in [3.05, 3.63) is 59.7 Å². The highest BCUT2D eigenvalue weighted by molar-refractivity contribution is 5.89. The predicted molar refractivity (Wildman–Crippen MR) is 89.4 cm³/mol. The second-order valence-corrected chi connectivity index (χ2v) is 5.20. The quantitative estimate of drug-likeness (QED) is 0.865. The van der Waals surface area contributed by atoms with Crippen molar-refractivity contribution in [2.75, 3.05) is 12.4 Å². The summed E-state index contributed by atoms with van der Waals surface area (Å²) in [7, 11) is 1.60. The smallest absolute Gasteiger partial charge is 0.319 e. The molecule has 22 heavy (non-hydrogen) atoms. The largest absolute Gasteiger partial charge is 0.497 e. The molecule has 0 aliphatic rings. The van der Waals surface area contributed by atoms with Gasteiger partial charge in [-0.05, 0) is 31.0 Å². The van der Waals surface area contributed by atoms with Gasteiger partial charge in [-0.15, -0.1) is 0 Å². The third kappa shape index (κ3) is 4.25. The highest BCUT2D eigenvalue weighted by atomic mass is 16.5. The van der Waals surface area contributed by atoms with Gasteiger partial charge in [-0.3, -0.25) is 0 Å². The van der Waals surface area contributed by atoms with E-state index in [2.05, 4.69) is 41.8 Å². The molecule has 2 aromatic rings. The maximum Gasteiger partial charge on any atom is 0.319 e. The number of anilines is 1. The molecule has 2 N–H and O–H groups in total. The number of hydrogen-bond donors (Lipinski definition) is 2. The zero-order valence-corrected chi connectivity index (χ0v) is 13.2. The highest BCUT2D eigenvalue weighted by Gasteiger charge is 2.12. The van der Waals surface area contributed by atoms with Gasteiger partial charge in [-0.1, -0.05) is 42.8 Å². The SMILES string of the molecule is CC[C@@H](NC(=O)Nc1cccc(OC)c1)c1ccc(C)cc1. The fraction of sp³-hybridized carbons (Fsp3) is 0.278. The number of amides is 2. The molecular formula is C18H22N2O2. The van der Waals surface area contributed by atoms with Crippen molar-refractivity contribution in [3.8, 4) is 5.75 Å². The molecule has 0 spiro atoms. The number of benzene rings is 2. The minimum atomic E-state index is -0.222. The van der Waals surface area contributed by atoms with Gasteiger partial charge in [0.15, 0.2) is 0 Å². The molecule has 0 saturated heterocycles. The third-order valence-corrected chi connectivity index (χ3v) is 3.52. The van der Waals surface area contributed by atoms with Crippen molar-refractivity contribution >= 4 is 11.7 Å². The normalized spacial score (nSPS) is 11.6. The predicted octanol–water partition coefficient (Wildman–Crippen LogP) is 4.28. The Balaban J connectivity index is 2.01. The summed E-state index contributed by atoms with van der Waals surface area (Å²) in [4.78, 5) is 12.2. The summed E-state index contributed by atoms with van der Waals surface area (Å²) in [6.45, 7) is 4.10. The van der Waals surface area contributed by atoms with Gasteiger partial charge in [0, 0.05) is 11.8 Å². The Morgan fingerprint density at radius 3 is 2.55 bits per heavy atom. The van der Waals surface area contributed by atoms with E-state index in [0.717, 1.165) is 12.0 Å². The van der Waals surface area contributed by atoms with Crippen LogP contribution in [0, 0.1) is 6.92 Å². The van der Waals surface area contributed by atoms with Gasteiger partial charge in [0.2, 0.25) is 0 Å². The van der Waals surface area contributed by atoms with Gasteiger partial charge in [-0.2, -0.15) is 0 Å². The van der Waals surface area contributed by atoms with Crippen LogP contribution in [0.1, 0.15) is 30.5 Å². The summed E-state index contributed by atoms with van der Waals surface area (Å²) in [6, 6.07) is 15.3. The van der Waals surface area contributed by atoms with E-state index in [1.165, 1.54) is 5.56 Å². The number of rotatable bonds is 5. The lowest BCUT2D eigenvalue weighted by Gasteiger charge is -2.18. The molecule has 0 radical (unpaired) electrons. The number of urea groups is 1. The fourth-order valence-corrected chi connectivity index (χ4v) is 2.25. The lowest BCUT2D eigenvalue weighted by molar-refractivity contribution is 0.248. The molecule has 2 amide bonds. The summed E-state index contributed by atoms with van der Waals surface area (Å²) in [5.41, 5.74) is 3.02. The number of ether oxygens (including phenoxy) is 1. The summed E-state index contributed by atoms with van der Waals surface area (Å²) in [5.74, 6) is 0.711. The summed E-state index contributed by atoms with van der Waals surface area (Å²) in [5, 5.41) is 5.83. The lowest BCUT2D eigenvalue weighted by atomic mass is 10.0. The van der Waals surface area contributed by atoms with E-state index < -0.39 is 0 Å². The number of aryl methyl sites for hydroxylation is 1. The summed E-state index contributed by atoms with van der Waals surface area (Å²) < 4.78 is 5.15. The van der Waals surface area contributed by atoms with Crippen LogP contribution in [0.5, 0.6) is 5.75 Å². The number of methoxy groups -OCH3 is 1. The summed E-state index contributed by atoms with van der Waals surface area (Å²) >= 11 is 0. The topological polar surface area (TPSA) is 50.4 Å². The second kappa shape index (κ2) is 7.50. The van der Waals surface area contributed by atoms with Gasteiger partial charge in [0.05, 0.1) is 13.2 Å². The Labute approximate surface area is 131 Å². The van der Waals surface area contributed by atoms with Crippen molar-refractivity contribution in [3.63, 3.8) is 0 Å². The maximum absolute atomic E-state index is 12.2. The van der Waals surface area contributed by atoms with E-state index in [1.807, 2.05) is 25.1 Å². The highest BCUT2D eigenvalue weighted by Crippen LogP contribution is 2.19. The van der Waals surface area contributed by atoms with E-state index in [4.69, 9.17) is 4.74 Å². The Morgan fingerprint density at radius 1 is 1.18 bits per heavy atom. The fourth-order valence-electron chi connectivity index (χ4n) is 2.25. The average Bonchev–Trinajstić information content (AvgIpc) is 2.53. The van der Waals surface area contributed by atoms with Crippen LogP contribution in [0.25, 0.3) is 0 Å². The van der Waals surface area contributed by atoms with Crippen LogP contribution in [-0.2, 0) is 0 Å². The molecule has 0 aliphatic carbocycles. The van der Waals surface area contributed by atoms with Crippen LogP contribution in [-0.4, -0.2) is 13.1 Å². The van der Waals surface area contributed by atoms with Crippen LogP contribution in [0.3, 0.4) is 0 Å². The monoisotopic (exact) mass is 298 g/mol. The first-order valence-electron chi connectivity index (χ1n) is 7.40. The minimum Gasteiger partial charge on any atom is -0.497 e. The first-order chi connectivity index (χ1) is 10.6. The molecule has 0 aliphatic heterocycles. The van der Waals surface area contributed by atoms with Crippen molar-refractivity contribution in [2.45, 2.75) is 26.3 Å². The first kappa shape index (κ1) is 15.9. The van der Waals surface area contributed by atoms with Crippen molar-refractivity contribution in [1.29, 1.82) is 0 Å². The lowest BCUT2D eigenvalue weighted by Crippen LogP contribution is -2.32. The van der Waals surface area contributed by atoms with E-state index in [1.54, 1.807) is 13.2 Å². The number of hydrogen-bond acceptors (Lipinski definition) is 2. The number of carbonyl (C=O) groups excluding carboxylic acids is 1. The van der Waals surface area contributed by atoms with Crippen molar-refractivity contribution in [2.24, 2.45) is 0 Å². The molecule has 0 unspecified atom stereocenters. The zero-order chi connectivity index (χ0) is 15.9. The molecule has 0 aromatic heterocycles. The third-order valence-electron chi connectivity index (χ3n) is 3.52. The summed E-state index contributed by atoms with van der Waals surface area (Å²) in [6.07, 6.45) is 0.828. The number of carbonyl (C=O) groups is 1. The van der Waals surface area contributed by atoms with E-state index in [9.17, 15) is 4.79 Å². The Kier molecular flexibility index (Phi) is 5.42. The van der Waals surface area contributed by atoms with Gasteiger partial charge >= 0.3 is 6.03 Å². The standard InChI is InChI=1S/C18H22N2O2/c1-4-17(14-10-8-13(2)9-11-14)20-18(21)19-15-6-5-7-16(12-15)22-3/h5-12,17H,4H2,1-3H3,(H2,19,20,21)/t17-/m1/s1. The van der Waals surface area contributed by atoms with Gasteiger partial charge in [-0.25, -0.2) is 4.79 Å². The van der Waals surface area contributed by atoms with Gasteiger partial charge < -0.3 is 15.4 Å². The zero-order valence-electron chi connectivity index (χ0n) is 13.2. The van der Waals surface area contributed by atoms with Gasteiger partial charge in [0.1, 0.15) is 5.75 Å². The van der Waals surface area contributed by atoms with Crippen LogP contribution in [0.4, 0.5) is 10.5 Å². The molecule has 0 bridgehead atoms. The molecule has 0 heterocycles. The molecule has 2 rings (SSSR count). The van der Waals surface area contributed by atoms with Crippen LogP contribution in [0.15, 0.2) is 48.5 Å². The van der Waals surface area contributed by atoms with Crippen molar-refractivity contribution in [1.82, 2.24) is 5.32 Å². The molecule has 1 atom stereocenters. The minimum absolute atomic E-state index is 0.00814. The van der Waals surface area contributed by atoms with Crippen LogP contribution >= 0.6 is 0 Å². The van der Waals surface area contributed by atoms with E-state index in [-0.39, 0.29) is 12.1 Å². The van der Waals surface area contributed by atoms with E-state index in [0.29, 0.717) is 11.4 Å². The second-order valence-electron chi connectivity index (χ2n) is 5.20. The molecular weight excluding hydrogens is 276 g/mol. The first-order valence-corrected chi connectivity index (χ1v) is 7.40. The number of nitrogens with one attached hydrogen (secondary N) is 2. The molecule has 4 heteroatoms. The molecule has 116 valence electrons. The van der Waals surface area contributed by atoms with Crippen molar-refractivity contribution < 1.29 is 9.53 Å². The Morgan fingerprint density at radius 2 is 1.91 bits per heavy atom. The van der Waals surface area contributed by atoms with Crippen LogP contribution < -0.4 is 15.4 Å². The molecule has 4 nitrogen and oxygen atoms in total. The maximum atomic E-state index is 12.2. The van der Waals surface area contributed by atoms with Gasteiger partial charge in [0.25, 0.3) is 0 Å². The van der Waals surface area contributed by atoms with E-state index >= 15 is 0 Å². The average molecular weight is 298 g/mol. The molecule has 0 fully saturated rings. The molecule has 2 aromatic carbocycles. The Bertz CT molecular complexity index is 623. The molecule has 0 saturated carbocycles. The van der Waals surface area contributed by atoms with Crippen LogP contribution in [0.2, 0.25) is 0 Å².